The molecule has 0 bridgehead atoms. The average molecular weight is 309 g/mol. The summed E-state index contributed by atoms with van der Waals surface area (Å²) in [7, 11) is -3.19. The van der Waals surface area contributed by atoms with E-state index in [0.717, 1.165) is 37.9 Å². The molecule has 1 aromatic carbocycles. The van der Waals surface area contributed by atoms with Gasteiger partial charge in [-0.1, -0.05) is 30.3 Å². The smallest absolute Gasteiger partial charge is 0.218 e. The van der Waals surface area contributed by atoms with E-state index < -0.39 is 10.0 Å². The van der Waals surface area contributed by atoms with Gasteiger partial charge >= 0.3 is 0 Å². The van der Waals surface area contributed by atoms with E-state index in [9.17, 15) is 8.42 Å². The quantitative estimate of drug-likeness (QED) is 0.858. The van der Waals surface area contributed by atoms with Gasteiger partial charge < -0.3 is 4.74 Å². The maximum atomic E-state index is 12.5. The highest BCUT2D eigenvalue weighted by Gasteiger charge is 2.33. The number of nitrogens with zero attached hydrogens (tertiary/aromatic N) is 1. The van der Waals surface area contributed by atoms with Gasteiger partial charge in [-0.05, 0) is 37.2 Å². The minimum atomic E-state index is -3.19. The van der Waals surface area contributed by atoms with E-state index in [0.29, 0.717) is 25.1 Å². The maximum absolute atomic E-state index is 12.5. The van der Waals surface area contributed by atoms with E-state index in [2.05, 4.69) is 0 Å². The van der Waals surface area contributed by atoms with Crippen molar-refractivity contribution >= 4 is 10.0 Å². The van der Waals surface area contributed by atoms with Crippen LogP contribution in [0.1, 0.15) is 31.2 Å². The summed E-state index contributed by atoms with van der Waals surface area (Å²) in [5, 5.41) is 0. The third-order valence-corrected chi connectivity index (χ3v) is 6.42. The third-order valence-electron chi connectivity index (χ3n) is 4.57. The summed E-state index contributed by atoms with van der Waals surface area (Å²) in [5.41, 5.74) is 0.860. The molecule has 5 heteroatoms. The lowest BCUT2D eigenvalue weighted by Gasteiger charge is -2.33. The van der Waals surface area contributed by atoms with Crippen molar-refractivity contribution in [3.8, 4) is 0 Å². The lowest BCUT2D eigenvalue weighted by Crippen LogP contribution is -2.41. The fourth-order valence-corrected chi connectivity index (χ4v) is 4.94. The molecule has 1 aromatic rings. The summed E-state index contributed by atoms with van der Waals surface area (Å²) in [6, 6.07) is 9.42. The Balaban J connectivity index is 1.58. The Kier molecular flexibility index (Phi) is 4.62. The second kappa shape index (κ2) is 6.46. The van der Waals surface area contributed by atoms with E-state index in [1.54, 1.807) is 4.31 Å². The van der Waals surface area contributed by atoms with Crippen LogP contribution in [-0.2, 0) is 20.5 Å². The van der Waals surface area contributed by atoms with Crippen LogP contribution in [0.3, 0.4) is 0 Å². The molecule has 1 unspecified atom stereocenters. The number of ether oxygens (including phenoxy) is 1. The topological polar surface area (TPSA) is 46.6 Å². The van der Waals surface area contributed by atoms with Crippen molar-refractivity contribution in [3.63, 3.8) is 0 Å². The summed E-state index contributed by atoms with van der Waals surface area (Å²) >= 11 is 0. The number of hydrogen-bond acceptors (Lipinski definition) is 3. The molecule has 0 aromatic heterocycles. The Morgan fingerprint density at radius 1 is 1.10 bits per heavy atom. The van der Waals surface area contributed by atoms with Gasteiger partial charge in [0.2, 0.25) is 10.0 Å². The van der Waals surface area contributed by atoms with Gasteiger partial charge in [-0.3, -0.25) is 0 Å². The minimum absolute atomic E-state index is 0.110. The van der Waals surface area contributed by atoms with E-state index in [1.165, 1.54) is 0 Å². The predicted octanol–water partition coefficient (Wildman–Crippen LogP) is 2.41. The van der Waals surface area contributed by atoms with Gasteiger partial charge in [0.15, 0.2) is 0 Å². The second-order valence-electron chi connectivity index (χ2n) is 6.03. The van der Waals surface area contributed by atoms with E-state index in [-0.39, 0.29) is 5.75 Å². The Bertz CT molecular complexity index is 544. The summed E-state index contributed by atoms with van der Waals surface area (Å²) < 4.78 is 32.4. The molecule has 0 aliphatic carbocycles. The Morgan fingerprint density at radius 2 is 1.81 bits per heavy atom. The van der Waals surface area contributed by atoms with Crippen LogP contribution >= 0.6 is 0 Å². The highest BCUT2D eigenvalue weighted by atomic mass is 32.2. The molecule has 0 amide bonds. The molecular weight excluding hydrogens is 286 g/mol. The molecule has 2 fully saturated rings. The van der Waals surface area contributed by atoms with Crippen molar-refractivity contribution in [3.05, 3.63) is 35.9 Å². The monoisotopic (exact) mass is 309 g/mol. The molecule has 3 rings (SSSR count). The maximum Gasteiger partial charge on any atom is 0.218 e. The van der Waals surface area contributed by atoms with E-state index in [1.807, 2.05) is 30.3 Å². The van der Waals surface area contributed by atoms with Gasteiger partial charge in [0.05, 0.1) is 11.9 Å². The van der Waals surface area contributed by atoms with Crippen LogP contribution in [0.15, 0.2) is 30.3 Å². The van der Waals surface area contributed by atoms with E-state index in [4.69, 9.17) is 4.74 Å². The third kappa shape index (κ3) is 3.65. The normalized spacial score (nSPS) is 25.2. The molecule has 0 N–H and O–H groups in total. The highest BCUT2D eigenvalue weighted by molar-refractivity contribution is 7.88. The van der Waals surface area contributed by atoms with Gasteiger partial charge in [-0.25, -0.2) is 12.7 Å². The number of rotatable bonds is 4. The van der Waals surface area contributed by atoms with Gasteiger partial charge in [0.25, 0.3) is 0 Å². The van der Waals surface area contributed by atoms with Crippen molar-refractivity contribution in [1.29, 1.82) is 0 Å². The first-order valence-electron chi connectivity index (χ1n) is 7.78. The second-order valence-corrected chi connectivity index (χ2v) is 8.00. The van der Waals surface area contributed by atoms with Gasteiger partial charge in [-0.2, -0.15) is 0 Å². The zero-order chi connectivity index (χ0) is 14.7. The zero-order valence-corrected chi connectivity index (χ0v) is 13.1. The predicted molar refractivity (Wildman–Crippen MR) is 82.3 cm³/mol. The molecule has 0 spiro atoms. The van der Waals surface area contributed by atoms with Gasteiger partial charge in [0.1, 0.15) is 0 Å². The first-order chi connectivity index (χ1) is 10.1. The molecule has 2 saturated heterocycles. The number of piperidine rings is 1. The summed E-state index contributed by atoms with van der Waals surface area (Å²) in [6.07, 6.45) is 4.51. The fourth-order valence-electron chi connectivity index (χ4n) is 3.38. The van der Waals surface area contributed by atoms with Crippen molar-refractivity contribution in [2.75, 3.05) is 19.7 Å². The standard InChI is InChI=1S/C16H23NO3S/c18-21(19,13-14-5-2-1-3-6-14)17-10-8-15(9-11-17)16-7-4-12-20-16/h1-3,5-6,15-16H,4,7-13H2. The lowest BCUT2D eigenvalue weighted by molar-refractivity contribution is 0.0424. The van der Waals surface area contributed by atoms with Crippen molar-refractivity contribution in [2.45, 2.75) is 37.5 Å². The summed E-state index contributed by atoms with van der Waals surface area (Å²) in [6.45, 7) is 2.15. The van der Waals surface area contributed by atoms with Gasteiger partial charge in [-0.15, -0.1) is 0 Å². The summed E-state index contributed by atoms with van der Waals surface area (Å²) in [5.74, 6) is 0.647. The van der Waals surface area contributed by atoms with Crippen molar-refractivity contribution in [2.24, 2.45) is 5.92 Å². The molecular formula is C16H23NO3S. The average Bonchev–Trinajstić information content (AvgIpc) is 3.02. The largest absolute Gasteiger partial charge is 0.378 e. The van der Waals surface area contributed by atoms with Crippen LogP contribution in [0.25, 0.3) is 0 Å². The molecule has 0 radical (unpaired) electrons. The molecule has 2 aliphatic rings. The minimum Gasteiger partial charge on any atom is -0.378 e. The fraction of sp³-hybridized carbons (Fsp3) is 0.625. The highest BCUT2D eigenvalue weighted by Crippen LogP contribution is 2.30. The van der Waals surface area contributed by atoms with Crippen molar-refractivity contribution < 1.29 is 13.2 Å². The lowest BCUT2D eigenvalue weighted by atomic mass is 9.91. The van der Waals surface area contributed by atoms with E-state index >= 15 is 0 Å². The Morgan fingerprint density at radius 3 is 2.43 bits per heavy atom. The van der Waals surface area contributed by atoms with Crippen LogP contribution in [0.2, 0.25) is 0 Å². The number of sulfonamides is 1. The molecule has 2 aliphatic heterocycles. The van der Waals surface area contributed by atoms with Gasteiger partial charge in [0, 0.05) is 19.7 Å². The number of benzene rings is 1. The first kappa shape index (κ1) is 15.0. The summed E-state index contributed by atoms with van der Waals surface area (Å²) in [4.78, 5) is 0. The molecule has 0 saturated carbocycles. The number of hydrogen-bond donors (Lipinski definition) is 0. The molecule has 2 heterocycles. The molecule has 116 valence electrons. The molecule has 1 atom stereocenters. The molecule has 21 heavy (non-hydrogen) atoms. The van der Waals surface area contributed by atoms with Crippen LogP contribution in [-0.4, -0.2) is 38.5 Å². The van der Waals surface area contributed by atoms with Crippen LogP contribution in [0, 0.1) is 5.92 Å². The van der Waals surface area contributed by atoms with Crippen LogP contribution in [0.4, 0.5) is 0 Å². The Labute approximate surface area is 127 Å². The van der Waals surface area contributed by atoms with Crippen LogP contribution < -0.4 is 0 Å². The van der Waals surface area contributed by atoms with Crippen LogP contribution in [0.5, 0.6) is 0 Å². The SMILES string of the molecule is O=S(=O)(Cc1ccccc1)N1CCC(C2CCCO2)CC1. The Hall–Kier alpha value is -0.910. The van der Waals surface area contributed by atoms with Crippen molar-refractivity contribution in [1.82, 2.24) is 4.31 Å². The first-order valence-corrected chi connectivity index (χ1v) is 9.39. The zero-order valence-electron chi connectivity index (χ0n) is 12.3. The molecule has 4 nitrogen and oxygen atoms in total.